The lowest BCUT2D eigenvalue weighted by Gasteiger charge is -2.34. The topological polar surface area (TPSA) is 16.8 Å². The van der Waals surface area contributed by atoms with E-state index >= 15 is 0 Å². The fraction of sp³-hybridized carbons (Fsp3) is 0.405. The van der Waals surface area contributed by atoms with Crippen molar-refractivity contribution >= 4 is 21.8 Å². The van der Waals surface area contributed by atoms with Crippen LogP contribution in [0.4, 0.5) is 0 Å². The summed E-state index contributed by atoms with van der Waals surface area (Å²) in [5, 5.41) is 2.81. The van der Waals surface area contributed by atoms with Crippen molar-refractivity contribution in [3.8, 4) is 11.3 Å². The van der Waals surface area contributed by atoms with Crippen LogP contribution in [0.25, 0.3) is 33.1 Å². The van der Waals surface area contributed by atoms with Gasteiger partial charge in [-0.3, -0.25) is 0 Å². The Kier molecular flexibility index (Phi) is 5.47. The predicted molar refractivity (Wildman–Crippen MR) is 163 cm³/mol. The van der Waals surface area contributed by atoms with Crippen LogP contribution in [0.2, 0.25) is 0 Å². The van der Waals surface area contributed by atoms with Crippen molar-refractivity contribution in [2.75, 3.05) is 0 Å². The summed E-state index contributed by atoms with van der Waals surface area (Å²) in [5.41, 5.74) is 12.4. The lowest BCUT2D eigenvalue weighted by atomic mass is 9.68. The maximum Gasteiger partial charge on any atom is 0.232 e. The van der Waals surface area contributed by atoms with E-state index in [9.17, 15) is 0 Å². The minimum atomic E-state index is -0.242. The molecule has 0 bridgehead atoms. The van der Waals surface area contributed by atoms with Gasteiger partial charge in [0.1, 0.15) is 5.52 Å². The van der Waals surface area contributed by atoms with Crippen molar-refractivity contribution in [2.45, 2.75) is 84.6 Å². The summed E-state index contributed by atoms with van der Waals surface area (Å²) in [6.07, 6.45) is 13.0. The van der Waals surface area contributed by atoms with Crippen LogP contribution in [0.15, 0.2) is 78.0 Å². The molecule has 2 nitrogen and oxygen atoms in total. The predicted octanol–water partition coefficient (Wildman–Crippen LogP) is 9.17. The Hall–Kier alpha value is -3.26. The largest absolute Gasteiger partial charge is 0.250 e. The second-order valence-electron chi connectivity index (χ2n) is 12.7. The molecule has 0 fully saturated rings. The fourth-order valence-corrected chi connectivity index (χ4v) is 8.40. The standard InChI is InChI=1S/C37H41N2/c1-7-23(8-2)26-19-27(24(9-3)10-4)22-37(21-26)29-17-16-25-13-11-14-28-33(25)34(29)35-30(36(28,5)6)20-31-32(39(35)37)15-12-18-38-31/h11-21,23-24H,7-10,22H2,1-6H3/q+1. The summed E-state index contributed by atoms with van der Waals surface area (Å²) < 4.78 is 2.74. The normalized spacial score (nSPS) is 20.4. The third kappa shape index (κ3) is 3.15. The van der Waals surface area contributed by atoms with Crippen LogP contribution in [-0.4, -0.2) is 4.98 Å². The molecule has 4 aromatic rings. The Morgan fingerprint density at radius 2 is 1.62 bits per heavy atom. The summed E-state index contributed by atoms with van der Waals surface area (Å²) in [6.45, 7) is 14.3. The first-order valence-electron chi connectivity index (χ1n) is 15.2. The molecular weight excluding hydrogens is 472 g/mol. The van der Waals surface area contributed by atoms with Gasteiger partial charge in [-0.2, -0.15) is 4.57 Å². The summed E-state index contributed by atoms with van der Waals surface area (Å²) in [4.78, 5) is 4.96. The van der Waals surface area contributed by atoms with Crippen LogP contribution < -0.4 is 4.57 Å². The van der Waals surface area contributed by atoms with E-state index < -0.39 is 0 Å². The maximum absolute atomic E-state index is 4.96. The Bertz CT molecular complexity index is 1710. The molecule has 0 saturated heterocycles. The van der Waals surface area contributed by atoms with Gasteiger partial charge in [0.15, 0.2) is 0 Å². The van der Waals surface area contributed by atoms with Crippen LogP contribution >= 0.6 is 0 Å². The lowest BCUT2D eigenvalue weighted by Crippen LogP contribution is -2.56. The molecule has 2 aromatic heterocycles. The monoisotopic (exact) mass is 513 g/mol. The van der Waals surface area contributed by atoms with Gasteiger partial charge < -0.3 is 0 Å². The molecule has 3 heterocycles. The van der Waals surface area contributed by atoms with Gasteiger partial charge in [0.2, 0.25) is 16.7 Å². The molecule has 0 saturated carbocycles. The minimum absolute atomic E-state index is 0.107. The highest BCUT2D eigenvalue weighted by atomic mass is 15.1. The van der Waals surface area contributed by atoms with Crippen molar-refractivity contribution in [2.24, 2.45) is 11.8 Å². The van der Waals surface area contributed by atoms with Gasteiger partial charge in [-0.15, -0.1) is 0 Å². The number of aromatic nitrogens is 2. The molecule has 1 spiro atoms. The van der Waals surface area contributed by atoms with Crippen LogP contribution in [0.5, 0.6) is 0 Å². The highest BCUT2D eigenvalue weighted by molar-refractivity contribution is 6.05. The third-order valence-corrected chi connectivity index (χ3v) is 10.5. The van der Waals surface area contributed by atoms with Crippen LogP contribution in [0, 0.1) is 11.8 Å². The molecule has 1 aliphatic heterocycles. The molecule has 0 radical (unpaired) electrons. The van der Waals surface area contributed by atoms with Gasteiger partial charge in [0.05, 0.1) is 5.56 Å². The molecular formula is C37H41N2+. The minimum Gasteiger partial charge on any atom is -0.250 e. The van der Waals surface area contributed by atoms with Crippen LogP contribution in [0.3, 0.4) is 0 Å². The zero-order valence-electron chi connectivity index (χ0n) is 24.4. The number of pyridine rings is 2. The zero-order valence-corrected chi connectivity index (χ0v) is 24.4. The summed E-state index contributed by atoms with van der Waals surface area (Å²) in [7, 11) is 0. The first kappa shape index (κ1) is 24.8. The lowest BCUT2D eigenvalue weighted by molar-refractivity contribution is -0.703. The molecule has 1 atom stereocenters. The number of allylic oxidation sites excluding steroid dienone is 4. The number of rotatable bonds is 6. The Morgan fingerprint density at radius 3 is 2.36 bits per heavy atom. The van der Waals surface area contributed by atoms with E-state index in [0.29, 0.717) is 11.8 Å². The van der Waals surface area contributed by atoms with Gasteiger partial charge in [-0.1, -0.05) is 83.5 Å². The quantitative estimate of drug-likeness (QED) is 0.235. The highest BCUT2D eigenvalue weighted by Crippen LogP contribution is 2.57. The highest BCUT2D eigenvalue weighted by Gasteiger charge is 2.57. The van der Waals surface area contributed by atoms with Gasteiger partial charge in [0.25, 0.3) is 0 Å². The van der Waals surface area contributed by atoms with E-state index in [4.69, 9.17) is 4.98 Å². The molecule has 3 aliphatic rings. The summed E-state index contributed by atoms with van der Waals surface area (Å²) in [6, 6.07) is 18.6. The number of hydrogen-bond acceptors (Lipinski definition) is 1. The average molecular weight is 514 g/mol. The number of benzene rings is 2. The number of hydrogen-bond donors (Lipinski definition) is 0. The van der Waals surface area contributed by atoms with E-state index in [2.05, 4.69) is 107 Å². The maximum atomic E-state index is 4.96. The first-order chi connectivity index (χ1) is 18.9. The van der Waals surface area contributed by atoms with E-state index in [-0.39, 0.29) is 11.0 Å². The summed E-state index contributed by atoms with van der Waals surface area (Å²) in [5.74, 6) is 1.18. The molecule has 2 aliphatic carbocycles. The molecule has 0 amide bonds. The van der Waals surface area contributed by atoms with Gasteiger partial charge in [-0.25, -0.2) is 4.98 Å². The van der Waals surface area contributed by atoms with Crippen LogP contribution in [0.1, 0.15) is 90.3 Å². The summed E-state index contributed by atoms with van der Waals surface area (Å²) >= 11 is 0. The molecule has 2 aromatic carbocycles. The molecule has 0 N–H and O–H groups in total. The van der Waals surface area contributed by atoms with Crippen molar-refractivity contribution < 1.29 is 4.57 Å². The Balaban J connectivity index is 1.68. The SMILES string of the molecule is CCC(CC)C1=CC2(CC(C(CC)CC)=C1)c1ccc3cccc4c3c1-c1c(cc3ncccc3[n+]12)C4(C)C. The molecule has 1 unspecified atom stereocenters. The van der Waals surface area contributed by atoms with Crippen molar-refractivity contribution in [1.82, 2.24) is 4.98 Å². The van der Waals surface area contributed by atoms with Gasteiger partial charge in [0, 0.05) is 40.6 Å². The van der Waals surface area contributed by atoms with Gasteiger partial charge in [-0.05, 0) is 72.3 Å². The molecule has 7 rings (SSSR count). The average Bonchev–Trinajstić information content (AvgIpc) is 3.22. The molecule has 2 heteroatoms. The number of fused-ring (bicyclic) bond motifs is 4. The van der Waals surface area contributed by atoms with E-state index in [1.54, 1.807) is 5.57 Å². The Morgan fingerprint density at radius 1 is 0.846 bits per heavy atom. The van der Waals surface area contributed by atoms with E-state index in [0.717, 1.165) is 11.9 Å². The first-order valence-corrected chi connectivity index (χ1v) is 15.2. The van der Waals surface area contributed by atoms with Crippen molar-refractivity contribution in [3.05, 3.63) is 94.7 Å². The Labute approximate surface area is 233 Å². The second-order valence-corrected chi connectivity index (χ2v) is 12.7. The van der Waals surface area contributed by atoms with Crippen molar-refractivity contribution in [1.29, 1.82) is 0 Å². The van der Waals surface area contributed by atoms with E-state index in [1.807, 2.05) is 6.20 Å². The fourth-order valence-electron chi connectivity index (χ4n) is 8.40. The number of nitrogens with zero attached hydrogens (tertiary/aromatic N) is 2. The molecule has 198 valence electrons. The zero-order chi connectivity index (χ0) is 27.1. The van der Waals surface area contributed by atoms with E-state index in [1.165, 1.54) is 75.5 Å². The third-order valence-electron chi connectivity index (χ3n) is 10.5. The second kappa shape index (κ2) is 8.62. The van der Waals surface area contributed by atoms with Crippen molar-refractivity contribution in [3.63, 3.8) is 0 Å². The van der Waals surface area contributed by atoms with Gasteiger partial charge >= 0.3 is 0 Å². The van der Waals surface area contributed by atoms with Crippen LogP contribution in [-0.2, 0) is 11.0 Å². The molecule has 39 heavy (non-hydrogen) atoms. The smallest absolute Gasteiger partial charge is 0.232 e.